The molecular formula is C8H12FN3OS. The number of hydrogen-bond donors (Lipinski definition) is 3. The summed E-state index contributed by atoms with van der Waals surface area (Å²) in [6.07, 6.45) is 0. The molecule has 1 amide bonds. The summed E-state index contributed by atoms with van der Waals surface area (Å²) in [5.74, 6) is -0.221. The van der Waals surface area contributed by atoms with Gasteiger partial charge in [0.1, 0.15) is 11.6 Å². The van der Waals surface area contributed by atoms with E-state index in [4.69, 9.17) is 5.73 Å². The van der Waals surface area contributed by atoms with E-state index in [1.807, 2.05) is 0 Å². The van der Waals surface area contributed by atoms with E-state index in [1.165, 1.54) is 18.4 Å². The van der Waals surface area contributed by atoms with Crippen LogP contribution in [0.15, 0.2) is 6.07 Å². The highest BCUT2D eigenvalue weighted by atomic mass is 32.1. The Bertz CT molecular complexity index is 326. The van der Waals surface area contributed by atoms with Crippen molar-refractivity contribution in [1.29, 1.82) is 0 Å². The van der Waals surface area contributed by atoms with E-state index in [0.29, 0.717) is 15.6 Å². The van der Waals surface area contributed by atoms with Gasteiger partial charge in [-0.2, -0.15) is 0 Å². The normalized spacial score (nSPS) is 9.86. The summed E-state index contributed by atoms with van der Waals surface area (Å²) in [7, 11) is 1.54. The molecule has 0 saturated carbocycles. The van der Waals surface area contributed by atoms with Gasteiger partial charge in [0.2, 0.25) is 0 Å². The Morgan fingerprint density at radius 1 is 1.71 bits per heavy atom. The van der Waals surface area contributed by atoms with E-state index >= 15 is 0 Å². The van der Waals surface area contributed by atoms with Crippen molar-refractivity contribution < 1.29 is 9.18 Å². The van der Waals surface area contributed by atoms with Crippen LogP contribution in [0.3, 0.4) is 0 Å². The van der Waals surface area contributed by atoms with E-state index in [2.05, 4.69) is 10.6 Å². The summed E-state index contributed by atoms with van der Waals surface area (Å²) in [6.45, 7) is -0.222. The zero-order valence-corrected chi connectivity index (χ0v) is 8.58. The monoisotopic (exact) mass is 217 g/mol. The first-order valence-electron chi connectivity index (χ1n) is 4.10. The van der Waals surface area contributed by atoms with Gasteiger partial charge in [0, 0.05) is 13.6 Å². The maximum atomic E-state index is 11.8. The fraction of sp³-hybridized carbons (Fsp3) is 0.375. The molecule has 14 heavy (non-hydrogen) atoms. The first-order valence-corrected chi connectivity index (χ1v) is 4.92. The van der Waals surface area contributed by atoms with Crippen molar-refractivity contribution in [3.8, 4) is 0 Å². The van der Waals surface area contributed by atoms with Crippen molar-refractivity contribution in [2.24, 2.45) is 0 Å². The minimum atomic E-state index is -0.451. The quantitative estimate of drug-likeness (QED) is 0.706. The van der Waals surface area contributed by atoms with Crippen molar-refractivity contribution in [3.05, 3.63) is 10.9 Å². The van der Waals surface area contributed by atoms with Crippen LogP contribution in [0.4, 0.5) is 15.1 Å². The molecule has 4 nitrogen and oxygen atoms in total. The number of nitrogens with one attached hydrogen (secondary N) is 2. The third-order valence-corrected chi connectivity index (χ3v) is 2.70. The number of nitrogens with two attached hydrogens (primary N) is 1. The molecule has 1 rings (SSSR count). The molecule has 6 heteroatoms. The lowest BCUT2D eigenvalue weighted by Gasteiger charge is -1.97. The second kappa shape index (κ2) is 4.80. The highest BCUT2D eigenvalue weighted by molar-refractivity contribution is 7.18. The van der Waals surface area contributed by atoms with Gasteiger partial charge in [0.25, 0.3) is 5.91 Å². The molecule has 0 aliphatic heterocycles. The molecule has 0 aliphatic carbocycles. The number of halogens is 1. The Hall–Kier alpha value is -1.30. The van der Waals surface area contributed by atoms with Gasteiger partial charge >= 0.3 is 0 Å². The lowest BCUT2D eigenvalue weighted by molar-refractivity contribution is 0.0968. The lowest BCUT2D eigenvalue weighted by atomic mass is 10.4. The lowest BCUT2D eigenvalue weighted by Crippen LogP contribution is -2.17. The third-order valence-electron chi connectivity index (χ3n) is 1.59. The summed E-state index contributed by atoms with van der Waals surface area (Å²) >= 11 is 1.22. The minimum absolute atomic E-state index is 0.221. The number of hydrogen-bond acceptors (Lipinski definition) is 4. The highest BCUT2D eigenvalue weighted by Gasteiger charge is 2.12. The van der Waals surface area contributed by atoms with Crippen LogP contribution in [-0.4, -0.2) is 26.2 Å². The summed E-state index contributed by atoms with van der Waals surface area (Å²) < 4.78 is 11.8. The van der Waals surface area contributed by atoms with Gasteiger partial charge in [-0.1, -0.05) is 0 Å². The van der Waals surface area contributed by atoms with Crippen molar-refractivity contribution in [1.82, 2.24) is 5.32 Å². The SMILES string of the molecule is CNC(=O)c1sc(NCCF)cc1N. The standard InChI is InChI=1S/C8H12FN3OS/c1-11-8(13)7-5(10)4-6(14-7)12-3-2-9/h4,12H,2-3,10H2,1H3,(H,11,13). The van der Waals surface area contributed by atoms with E-state index in [9.17, 15) is 9.18 Å². The van der Waals surface area contributed by atoms with Crippen LogP contribution in [0.1, 0.15) is 9.67 Å². The molecule has 0 fully saturated rings. The predicted octanol–water partition coefficient (Wildman–Crippen LogP) is 1.07. The molecule has 4 N–H and O–H groups in total. The Labute approximate surface area is 85.3 Å². The first-order chi connectivity index (χ1) is 6.69. The molecule has 0 saturated heterocycles. The van der Waals surface area contributed by atoms with Gasteiger partial charge in [-0.25, -0.2) is 4.39 Å². The van der Waals surface area contributed by atoms with E-state index in [-0.39, 0.29) is 12.5 Å². The number of alkyl halides is 1. The second-order valence-corrected chi connectivity index (χ2v) is 3.64. The van der Waals surface area contributed by atoms with Gasteiger partial charge in [-0.15, -0.1) is 11.3 Å². The minimum Gasteiger partial charge on any atom is -0.397 e. The zero-order valence-electron chi connectivity index (χ0n) is 7.76. The molecule has 0 aliphatic rings. The summed E-state index contributed by atoms with van der Waals surface area (Å²) in [5.41, 5.74) is 6.02. The second-order valence-electron chi connectivity index (χ2n) is 2.59. The maximum absolute atomic E-state index is 11.8. The largest absolute Gasteiger partial charge is 0.397 e. The summed E-state index contributed by atoms with van der Waals surface area (Å²) in [6, 6.07) is 1.63. The Morgan fingerprint density at radius 2 is 2.43 bits per heavy atom. The number of nitrogen functional groups attached to an aromatic ring is 1. The molecule has 0 aromatic carbocycles. The Balaban J connectivity index is 2.77. The topological polar surface area (TPSA) is 67.2 Å². The van der Waals surface area contributed by atoms with E-state index in [1.54, 1.807) is 6.07 Å². The number of anilines is 2. The molecular weight excluding hydrogens is 205 g/mol. The molecule has 0 bridgehead atoms. The van der Waals surface area contributed by atoms with Gasteiger partial charge < -0.3 is 16.4 Å². The smallest absolute Gasteiger partial charge is 0.263 e. The van der Waals surface area contributed by atoms with Crippen molar-refractivity contribution in [2.75, 3.05) is 31.3 Å². The van der Waals surface area contributed by atoms with Crippen LogP contribution >= 0.6 is 11.3 Å². The van der Waals surface area contributed by atoms with Crippen LogP contribution in [0.2, 0.25) is 0 Å². The van der Waals surface area contributed by atoms with Crippen LogP contribution in [0, 0.1) is 0 Å². The summed E-state index contributed by atoms with van der Waals surface area (Å²) in [5, 5.41) is 6.01. The number of thiophene rings is 1. The number of carbonyl (C=O) groups is 1. The Kier molecular flexibility index (Phi) is 3.70. The van der Waals surface area contributed by atoms with Crippen LogP contribution < -0.4 is 16.4 Å². The first kappa shape index (κ1) is 10.8. The van der Waals surface area contributed by atoms with Crippen LogP contribution in [-0.2, 0) is 0 Å². The maximum Gasteiger partial charge on any atom is 0.263 e. The number of amides is 1. The molecule has 0 radical (unpaired) electrons. The van der Waals surface area contributed by atoms with Crippen molar-refractivity contribution in [3.63, 3.8) is 0 Å². The fourth-order valence-corrected chi connectivity index (χ4v) is 1.91. The molecule has 0 spiro atoms. The molecule has 0 atom stereocenters. The third kappa shape index (κ3) is 2.35. The highest BCUT2D eigenvalue weighted by Crippen LogP contribution is 2.28. The van der Waals surface area contributed by atoms with Crippen molar-refractivity contribution in [2.45, 2.75) is 0 Å². The van der Waals surface area contributed by atoms with E-state index in [0.717, 1.165) is 0 Å². The zero-order chi connectivity index (χ0) is 10.6. The fourth-order valence-electron chi connectivity index (χ4n) is 0.954. The van der Waals surface area contributed by atoms with Gasteiger partial charge in [-0.3, -0.25) is 4.79 Å². The number of carbonyl (C=O) groups excluding carboxylic acids is 1. The van der Waals surface area contributed by atoms with E-state index < -0.39 is 6.67 Å². The summed E-state index contributed by atoms with van der Waals surface area (Å²) in [4.78, 5) is 11.7. The van der Waals surface area contributed by atoms with Gasteiger partial charge in [0.05, 0.1) is 10.7 Å². The molecule has 0 unspecified atom stereocenters. The molecule has 1 aromatic rings. The van der Waals surface area contributed by atoms with Crippen molar-refractivity contribution >= 4 is 27.9 Å². The predicted molar refractivity (Wildman–Crippen MR) is 56.6 cm³/mol. The average molecular weight is 217 g/mol. The van der Waals surface area contributed by atoms with Gasteiger partial charge in [-0.05, 0) is 6.07 Å². The Morgan fingerprint density at radius 3 is 3.00 bits per heavy atom. The van der Waals surface area contributed by atoms with Gasteiger partial charge in [0.15, 0.2) is 0 Å². The molecule has 78 valence electrons. The van der Waals surface area contributed by atoms with Crippen LogP contribution in [0.25, 0.3) is 0 Å². The molecule has 1 heterocycles. The van der Waals surface area contributed by atoms with Crippen LogP contribution in [0.5, 0.6) is 0 Å². The average Bonchev–Trinajstić information content (AvgIpc) is 2.55. The number of rotatable bonds is 4. The molecule has 1 aromatic heterocycles.